The van der Waals surface area contributed by atoms with Gasteiger partial charge in [0.15, 0.2) is 0 Å². The number of hydrogen-bond donors (Lipinski definition) is 0. The summed E-state index contributed by atoms with van der Waals surface area (Å²) in [4.78, 5) is 0. The molecular weight excluding hydrogens is 278 g/mol. The normalized spacial score (nSPS) is 10.8. The molecule has 0 aliphatic rings. The van der Waals surface area contributed by atoms with Gasteiger partial charge in [-0.2, -0.15) is 5.26 Å². The summed E-state index contributed by atoms with van der Waals surface area (Å²) in [6.07, 6.45) is 0. The van der Waals surface area contributed by atoms with E-state index in [1.807, 2.05) is 24.3 Å². The largest absolute Gasteiger partial charge is 0.192 e. The molecule has 0 atom stereocenters. The summed E-state index contributed by atoms with van der Waals surface area (Å²) >= 11 is 0. The van der Waals surface area contributed by atoms with Crippen molar-refractivity contribution >= 4 is 21.5 Å². The summed E-state index contributed by atoms with van der Waals surface area (Å²) in [5.74, 6) is 0. The monoisotopic (exact) mass is 293 g/mol. The first-order chi connectivity index (χ1) is 11.3. The smallest absolute Gasteiger partial charge is 0.0998 e. The molecule has 0 aromatic heterocycles. The Kier molecular flexibility index (Phi) is 3.10. The lowest BCUT2D eigenvalue weighted by atomic mass is 9.94. The molecule has 0 radical (unpaired) electrons. The van der Waals surface area contributed by atoms with E-state index in [1.54, 1.807) is 0 Å². The van der Waals surface area contributed by atoms with Gasteiger partial charge in [-0.05, 0) is 46.3 Å². The SMILES string of the molecule is Cc1ccc2cc(-c3cccc4c(C#N)cccc34)ccc2c1. The molecule has 108 valence electrons. The van der Waals surface area contributed by atoms with Crippen LogP contribution in [0.15, 0.2) is 72.8 Å². The molecule has 4 aromatic rings. The van der Waals surface area contributed by atoms with Crippen LogP contribution in [0.3, 0.4) is 0 Å². The van der Waals surface area contributed by atoms with E-state index in [0.29, 0.717) is 0 Å². The van der Waals surface area contributed by atoms with Crippen molar-refractivity contribution < 1.29 is 0 Å². The summed E-state index contributed by atoms with van der Waals surface area (Å²) in [5, 5.41) is 13.9. The molecule has 0 bridgehead atoms. The first kappa shape index (κ1) is 13.5. The molecule has 4 rings (SSSR count). The Labute approximate surface area is 135 Å². The molecule has 4 aromatic carbocycles. The van der Waals surface area contributed by atoms with Crippen molar-refractivity contribution in [3.05, 3.63) is 83.9 Å². The predicted molar refractivity (Wildman–Crippen MR) is 96.3 cm³/mol. The molecule has 0 aliphatic carbocycles. The Morgan fingerprint density at radius 1 is 0.739 bits per heavy atom. The molecule has 0 saturated heterocycles. The maximum absolute atomic E-state index is 9.31. The van der Waals surface area contributed by atoms with Crippen LogP contribution in [-0.4, -0.2) is 0 Å². The highest BCUT2D eigenvalue weighted by Gasteiger charge is 2.07. The first-order valence-electron chi connectivity index (χ1n) is 7.69. The van der Waals surface area contributed by atoms with E-state index in [2.05, 4.69) is 61.5 Å². The minimum absolute atomic E-state index is 0.723. The van der Waals surface area contributed by atoms with Crippen LogP contribution in [0.2, 0.25) is 0 Å². The number of nitriles is 1. The van der Waals surface area contributed by atoms with Crippen molar-refractivity contribution in [1.29, 1.82) is 5.26 Å². The van der Waals surface area contributed by atoms with E-state index in [-0.39, 0.29) is 0 Å². The van der Waals surface area contributed by atoms with Gasteiger partial charge in [0.05, 0.1) is 11.6 Å². The first-order valence-corrected chi connectivity index (χ1v) is 7.69. The zero-order chi connectivity index (χ0) is 15.8. The van der Waals surface area contributed by atoms with Gasteiger partial charge in [0, 0.05) is 5.39 Å². The van der Waals surface area contributed by atoms with Gasteiger partial charge in [0.2, 0.25) is 0 Å². The molecule has 0 saturated carbocycles. The molecule has 0 N–H and O–H groups in total. The second-order valence-electron chi connectivity index (χ2n) is 5.88. The third kappa shape index (κ3) is 2.25. The number of hydrogen-bond acceptors (Lipinski definition) is 1. The third-order valence-corrected chi connectivity index (χ3v) is 4.35. The van der Waals surface area contributed by atoms with Gasteiger partial charge in [0.25, 0.3) is 0 Å². The van der Waals surface area contributed by atoms with E-state index < -0.39 is 0 Å². The topological polar surface area (TPSA) is 23.8 Å². The fourth-order valence-corrected chi connectivity index (χ4v) is 3.19. The lowest BCUT2D eigenvalue weighted by Gasteiger charge is -2.09. The maximum Gasteiger partial charge on any atom is 0.0998 e. The molecule has 0 amide bonds. The van der Waals surface area contributed by atoms with Crippen molar-refractivity contribution in [3.63, 3.8) is 0 Å². The fraction of sp³-hybridized carbons (Fsp3) is 0.0455. The number of rotatable bonds is 1. The van der Waals surface area contributed by atoms with Crippen LogP contribution in [0.1, 0.15) is 11.1 Å². The lowest BCUT2D eigenvalue weighted by Crippen LogP contribution is -1.85. The van der Waals surface area contributed by atoms with Crippen LogP contribution in [-0.2, 0) is 0 Å². The highest BCUT2D eigenvalue weighted by atomic mass is 14.2. The summed E-state index contributed by atoms with van der Waals surface area (Å²) in [6.45, 7) is 2.11. The van der Waals surface area contributed by atoms with E-state index in [1.165, 1.54) is 27.5 Å². The van der Waals surface area contributed by atoms with Gasteiger partial charge < -0.3 is 0 Å². The van der Waals surface area contributed by atoms with Crippen LogP contribution in [0.4, 0.5) is 0 Å². The van der Waals surface area contributed by atoms with Gasteiger partial charge in [-0.1, -0.05) is 66.2 Å². The van der Waals surface area contributed by atoms with E-state index in [9.17, 15) is 5.26 Å². The summed E-state index contributed by atoms with van der Waals surface area (Å²) in [7, 11) is 0. The summed E-state index contributed by atoms with van der Waals surface area (Å²) in [6, 6.07) is 27.4. The summed E-state index contributed by atoms with van der Waals surface area (Å²) in [5.41, 5.74) is 4.35. The van der Waals surface area contributed by atoms with Crippen molar-refractivity contribution in [2.75, 3.05) is 0 Å². The predicted octanol–water partition coefficient (Wildman–Crippen LogP) is 5.84. The van der Waals surface area contributed by atoms with Crippen molar-refractivity contribution in [2.24, 2.45) is 0 Å². The third-order valence-electron chi connectivity index (χ3n) is 4.35. The second kappa shape index (κ2) is 5.26. The second-order valence-corrected chi connectivity index (χ2v) is 5.88. The molecule has 0 fully saturated rings. The van der Waals surface area contributed by atoms with Gasteiger partial charge >= 0.3 is 0 Å². The highest BCUT2D eigenvalue weighted by Crippen LogP contribution is 2.32. The van der Waals surface area contributed by atoms with Gasteiger partial charge in [0.1, 0.15) is 0 Å². The fourth-order valence-electron chi connectivity index (χ4n) is 3.19. The zero-order valence-corrected chi connectivity index (χ0v) is 12.9. The Bertz CT molecular complexity index is 1080. The van der Waals surface area contributed by atoms with Gasteiger partial charge in [-0.25, -0.2) is 0 Å². The quantitative estimate of drug-likeness (QED) is 0.432. The molecule has 0 heterocycles. The highest BCUT2D eigenvalue weighted by molar-refractivity contribution is 6.01. The van der Waals surface area contributed by atoms with Crippen LogP contribution >= 0.6 is 0 Å². The minimum Gasteiger partial charge on any atom is -0.192 e. The van der Waals surface area contributed by atoms with Gasteiger partial charge in [-0.15, -0.1) is 0 Å². The molecule has 0 spiro atoms. The molecule has 23 heavy (non-hydrogen) atoms. The van der Waals surface area contributed by atoms with Crippen LogP contribution in [0, 0.1) is 18.3 Å². The molecule has 1 nitrogen and oxygen atoms in total. The zero-order valence-electron chi connectivity index (χ0n) is 12.9. The van der Waals surface area contributed by atoms with Crippen LogP contribution in [0.25, 0.3) is 32.7 Å². The van der Waals surface area contributed by atoms with Gasteiger partial charge in [-0.3, -0.25) is 0 Å². The van der Waals surface area contributed by atoms with Crippen molar-refractivity contribution in [3.8, 4) is 17.2 Å². The number of nitrogens with zero attached hydrogens (tertiary/aromatic N) is 1. The molecule has 1 heteroatoms. The molecule has 0 aliphatic heterocycles. The number of fused-ring (bicyclic) bond motifs is 2. The Morgan fingerprint density at radius 3 is 2.35 bits per heavy atom. The Morgan fingerprint density at radius 2 is 1.48 bits per heavy atom. The Balaban J connectivity index is 1.99. The van der Waals surface area contributed by atoms with E-state index >= 15 is 0 Å². The Hall–Kier alpha value is -3.11. The maximum atomic E-state index is 9.31. The van der Waals surface area contributed by atoms with Crippen molar-refractivity contribution in [1.82, 2.24) is 0 Å². The van der Waals surface area contributed by atoms with E-state index in [0.717, 1.165) is 16.3 Å². The standard InChI is InChI=1S/C22H15N/c1-15-8-9-17-13-18(11-10-16(17)12-15)20-5-3-6-21-19(14-23)4-2-7-22(20)21/h2-13H,1H3. The lowest BCUT2D eigenvalue weighted by molar-refractivity contribution is 1.50. The number of benzene rings is 4. The number of aryl methyl sites for hydroxylation is 1. The van der Waals surface area contributed by atoms with Crippen molar-refractivity contribution in [2.45, 2.75) is 6.92 Å². The average molecular weight is 293 g/mol. The summed E-state index contributed by atoms with van der Waals surface area (Å²) < 4.78 is 0. The van der Waals surface area contributed by atoms with E-state index in [4.69, 9.17) is 0 Å². The molecular formula is C22H15N. The minimum atomic E-state index is 0.723. The average Bonchev–Trinajstić information content (AvgIpc) is 2.60. The van der Waals surface area contributed by atoms with Crippen LogP contribution in [0.5, 0.6) is 0 Å². The van der Waals surface area contributed by atoms with Crippen LogP contribution < -0.4 is 0 Å². The molecule has 0 unspecified atom stereocenters.